The molecule has 152 valence electrons. The van der Waals surface area contributed by atoms with Crippen LogP contribution in [-0.4, -0.2) is 29.1 Å². The van der Waals surface area contributed by atoms with Crippen LogP contribution in [-0.2, 0) is 23.6 Å². The Hall–Kier alpha value is -2.91. The van der Waals surface area contributed by atoms with Crippen molar-refractivity contribution in [2.24, 2.45) is 7.05 Å². The van der Waals surface area contributed by atoms with Gasteiger partial charge in [-0.2, -0.15) is 0 Å². The molecule has 3 rings (SSSR count). The van der Waals surface area contributed by atoms with E-state index in [4.69, 9.17) is 11.6 Å². The van der Waals surface area contributed by atoms with E-state index in [1.54, 1.807) is 36.7 Å². The zero-order valence-corrected chi connectivity index (χ0v) is 17.7. The Bertz CT molecular complexity index is 1170. The van der Waals surface area contributed by atoms with Crippen molar-refractivity contribution in [1.29, 1.82) is 0 Å². The SMILES string of the molecule is Cc1cccc(NS(=O)(=O)c2ccc(Cl)c(C(=O)NCc3nnc(C)n3C)c2)c1. The quantitative estimate of drug-likeness (QED) is 0.621. The number of hydrogen-bond donors (Lipinski definition) is 2. The predicted octanol–water partition coefficient (Wildman–Crippen LogP) is 2.82. The monoisotopic (exact) mass is 433 g/mol. The van der Waals surface area contributed by atoms with Gasteiger partial charge in [0, 0.05) is 12.7 Å². The lowest BCUT2D eigenvalue weighted by molar-refractivity contribution is 0.0949. The highest BCUT2D eigenvalue weighted by Gasteiger charge is 2.19. The summed E-state index contributed by atoms with van der Waals surface area (Å²) < 4.78 is 29.7. The largest absolute Gasteiger partial charge is 0.345 e. The highest BCUT2D eigenvalue weighted by atomic mass is 35.5. The summed E-state index contributed by atoms with van der Waals surface area (Å²) in [5.41, 5.74) is 1.40. The maximum Gasteiger partial charge on any atom is 0.261 e. The van der Waals surface area contributed by atoms with Crippen LogP contribution in [0.1, 0.15) is 27.6 Å². The summed E-state index contributed by atoms with van der Waals surface area (Å²) in [7, 11) is -2.10. The van der Waals surface area contributed by atoms with Crippen LogP contribution in [0.4, 0.5) is 5.69 Å². The van der Waals surface area contributed by atoms with E-state index in [1.165, 1.54) is 18.2 Å². The zero-order chi connectivity index (χ0) is 21.2. The Balaban J connectivity index is 1.81. The fourth-order valence-electron chi connectivity index (χ4n) is 2.63. The number of nitrogens with zero attached hydrogens (tertiary/aromatic N) is 3. The lowest BCUT2D eigenvalue weighted by Crippen LogP contribution is -2.25. The van der Waals surface area contributed by atoms with Gasteiger partial charge in [-0.25, -0.2) is 8.42 Å². The molecule has 0 aliphatic rings. The van der Waals surface area contributed by atoms with Crippen LogP contribution in [0.3, 0.4) is 0 Å². The number of carbonyl (C=O) groups excluding carboxylic acids is 1. The van der Waals surface area contributed by atoms with Crippen LogP contribution in [0.15, 0.2) is 47.4 Å². The van der Waals surface area contributed by atoms with Crippen molar-refractivity contribution >= 4 is 33.2 Å². The summed E-state index contributed by atoms with van der Waals surface area (Å²) in [6, 6.07) is 11.0. The van der Waals surface area contributed by atoms with E-state index in [0.29, 0.717) is 17.3 Å². The van der Waals surface area contributed by atoms with E-state index in [-0.39, 0.29) is 22.0 Å². The molecule has 29 heavy (non-hydrogen) atoms. The lowest BCUT2D eigenvalue weighted by Gasteiger charge is -2.11. The van der Waals surface area contributed by atoms with Gasteiger partial charge in [-0.15, -0.1) is 10.2 Å². The van der Waals surface area contributed by atoms with E-state index in [1.807, 2.05) is 13.0 Å². The van der Waals surface area contributed by atoms with E-state index in [0.717, 1.165) is 5.56 Å². The van der Waals surface area contributed by atoms with Crippen molar-refractivity contribution in [1.82, 2.24) is 20.1 Å². The minimum atomic E-state index is -3.89. The minimum absolute atomic E-state index is 0.0534. The number of sulfonamides is 1. The molecule has 0 saturated carbocycles. The van der Waals surface area contributed by atoms with Crippen molar-refractivity contribution in [2.45, 2.75) is 25.3 Å². The molecule has 10 heteroatoms. The topological polar surface area (TPSA) is 106 Å². The third-order valence-corrected chi connectivity index (χ3v) is 6.06. The van der Waals surface area contributed by atoms with Gasteiger partial charge >= 0.3 is 0 Å². The predicted molar refractivity (Wildman–Crippen MR) is 110 cm³/mol. The van der Waals surface area contributed by atoms with Gasteiger partial charge in [0.2, 0.25) is 0 Å². The van der Waals surface area contributed by atoms with Crippen LogP contribution in [0, 0.1) is 13.8 Å². The molecule has 0 spiro atoms. The molecule has 0 fully saturated rings. The molecule has 8 nitrogen and oxygen atoms in total. The number of aryl methyl sites for hydroxylation is 2. The number of rotatable bonds is 6. The maximum atomic E-state index is 12.7. The first-order chi connectivity index (χ1) is 13.7. The molecule has 0 atom stereocenters. The van der Waals surface area contributed by atoms with Gasteiger partial charge < -0.3 is 9.88 Å². The summed E-state index contributed by atoms with van der Waals surface area (Å²) in [5.74, 6) is 0.766. The minimum Gasteiger partial charge on any atom is -0.345 e. The lowest BCUT2D eigenvalue weighted by atomic mass is 10.2. The first-order valence-corrected chi connectivity index (χ1v) is 10.6. The van der Waals surface area contributed by atoms with E-state index in [2.05, 4.69) is 20.2 Å². The number of aromatic nitrogens is 3. The fraction of sp³-hybridized carbons (Fsp3) is 0.211. The van der Waals surface area contributed by atoms with Gasteiger partial charge in [-0.3, -0.25) is 9.52 Å². The van der Waals surface area contributed by atoms with Crippen molar-refractivity contribution in [2.75, 3.05) is 4.72 Å². The Morgan fingerprint density at radius 3 is 2.55 bits per heavy atom. The maximum absolute atomic E-state index is 12.7. The second-order valence-electron chi connectivity index (χ2n) is 6.52. The van der Waals surface area contributed by atoms with Gasteiger partial charge in [0.1, 0.15) is 5.82 Å². The highest BCUT2D eigenvalue weighted by molar-refractivity contribution is 7.92. The summed E-state index contributed by atoms with van der Waals surface area (Å²) in [4.78, 5) is 12.5. The molecule has 0 radical (unpaired) electrons. The van der Waals surface area contributed by atoms with Crippen LogP contribution >= 0.6 is 11.6 Å². The fourth-order valence-corrected chi connectivity index (χ4v) is 3.91. The molecule has 1 heterocycles. The second kappa shape index (κ2) is 8.22. The summed E-state index contributed by atoms with van der Waals surface area (Å²) in [6.07, 6.45) is 0. The molecule has 0 bridgehead atoms. The van der Waals surface area contributed by atoms with Gasteiger partial charge in [0.05, 0.1) is 22.0 Å². The molecule has 0 aliphatic heterocycles. The molecular weight excluding hydrogens is 414 g/mol. The molecule has 2 N–H and O–H groups in total. The van der Waals surface area contributed by atoms with E-state index < -0.39 is 15.9 Å². The van der Waals surface area contributed by atoms with Gasteiger partial charge in [0.25, 0.3) is 15.9 Å². The highest BCUT2D eigenvalue weighted by Crippen LogP contribution is 2.23. The van der Waals surface area contributed by atoms with Crippen molar-refractivity contribution < 1.29 is 13.2 Å². The number of hydrogen-bond acceptors (Lipinski definition) is 5. The van der Waals surface area contributed by atoms with Gasteiger partial charge in [-0.1, -0.05) is 23.7 Å². The first-order valence-electron chi connectivity index (χ1n) is 8.69. The summed E-state index contributed by atoms with van der Waals surface area (Å²) in [5, 5.41) is 10.7. The van der Waals surface area contributed by atoms with E-state index in [9.17, 15) is 13.2 Å². The molecule has 0 unspecified atom stereocenters. The molecule has 1 amide bonds. The van der Waals surface area contributed by atoms with Crippen LogP contribution in [0.2, 0.25) is 5.02 Å². The second-order valence-corrected chi connectivity index (χ2v) is 8.61. The van der Waals surface area contributed by atoms with Crippen LogP contribution < -0.4 is 10.0 Å². The molecule has 1 aromatic heterocycles. The average molecular weight is 434 g/mol. The standard InChI is InChI=1S/C19H20ClN5O3S/c1-12-5-4-6-14(9-12)24-29(27,28)15-7-8-17(20)16(10-15)19(26)21-11-18-23-22-13(2)25(18)3/h4-10,24H,11H2,1-3H3,(H,21,26). The van der Waals surface area contributed by atoms with E-state index >= 15 is 0 Å². The number of halogens is 1. The Morgan fingerprint density at radius 1 is 1.14 bits per heavy atom. The molecule has 3 aromatic rings. The third kappa shape index (κ3) is 4.75. The number of benzene rings is 2. The van der Waals surface area contributed by atoms with Gasteiger partial charge in [-0.05, 0) is 49.7 Å². The van der Waals surface area contributed by atoms with Crippen molar-refractivity contribution in [3.05, 3.63) is 70.3 Å². The number of nitrogens with one attached hydrogen (secondary N) is 2. The number of amides is 1. The molecule has 0 saturated heterocycles. The molecule has 0 aliphatic carbocycles. The third-order valence-electron chi connectivity index (χ3n) is 4.35. The van der Waals surface area contributed by atoms with Crippen LogP contribution in [0.5, 0.6) is 0 Å². The van der Waals surface area contributed by atoms with Crippen molar-refractivity contribution in [3.8, 4) is 0 Å². The summed E-state index contributed by atoms with van der Waals surface area (Å²) in [6.45, 7) is 3.79. The Morgan fingerprint density at radius 2 is 1.90 bits per heavy atom. The summed E-state index contributed by atoms with van der Waals surface area (Å²) >= 11 is 6.13. The smallest absolute Gasteiger partial charge is 0.261 e. The molecule has 2 aromatic carbocycles. The average Bonchev–Trinajstić information content (AvgIpc) is 2.98. The van der Waals surface area contributed by atoms with Crippen LogP contribution in [0.25, 0.3) is 0 Å². The zero-order valence-electron chi connectivity index (χ0n) is 16.1. The van der Waals surface area contributed by atoms with Gasteiger partial charge in [0.15, 0.2) is 5.82 Å². The molecular formula is C19H20ClN5O3S. The Labute approximate surface area is 174 Å². The number of carbonyl (C=O) groups is 1. The normalized spacial score (nSPS) is 11.3. The van der Waals surface area contributed by atoms with Crippen molar-refractivity contribution in [3.63, 3.8) is 0 Å². The first kappa shape index (κ1) is 20.8. The number of anilines is 1. The Kier molecular flexibility index (Phi) is 5.90.